The van der Waals surface area contributed by atoms with E-state index in [2.05, 4.69) is 25.0 Å². The quantitative estimate of drug-likeness (QED) is 0.856. The van der Waals surface area contributed by atoms with Crippen LogP contribution >= 0.6 is 0 Å². The Morgan fingerprint density at radius 3 is 2.47 bits per heavy atom. The number of aromatic nitrogens is 3. The van der Waals surface area contributed by atoms with Crippen molar-refractivity contribution in [1.82, 2.24) is 15.2 Å². The molecule has 19 heavy (non-hydrogen) atoms. The van der Waals surface area contributed by atoms with Gasteiger partial charge in [-0.05, 0) is 18.2 Å². The van der Waals surface area contributed by atoms with Crippen LogP contribution in [0.1, 0.15) is 0 Å². The number of piperazine rings is 1. The largest absolute Gasteiger partial charge is 0.396 e. The predicted octanol–water partition coefficient (Wildman–Crippen LogP) is 0.780. The molecule has 0 saturated carbocycles. The molecule has 0 radical (unpaired) electrons. The summed E-state index contributed by atoms with van der Waals surface area (Å²) in [4.78, 5) is 8.54. The summed E-state index contributed by atoms with van der Waals surface area (Å²) in [6.45, 7) is 3.68. The van der Waals surface area contributed by atoms with Crippen molar-refractivity contribution in [3.8, 4) is 0 Å². The fourth-order valence-corrected chi connectivity index (χ4v) is 2.33. The van der Waals surface area contributed by atoms with Gasteiger partial charge in [0.05, 0.1) is 17.6 Å². The first-order valence-corrected chi connectivity index (χ1v) is 6.32. The zero-order valence-electron chi connectivity index (χ0n) is 10.6. The van der Waals surface area contributed by atoms with Gasteiger partial charge in [0.15, 0.2) is 5.82 Å². The fraction of sp³-hybridized carbons (Fsp3) is 0.308. The zero-order valence-corrected chi connectivity index (χ0v) is 10.6. The van der Waals surface area contributed by atoms with E-state index in [-0.39, 0.29) is 0 Å². The standard InChI is InChI=1S/C13H16N6/c14-11-10-15-5-3-12(11)18-6-8-19(9-7-18)13-2-1-4-16-17-13/h1-5,10H,6-9,14H2. The average Bonchev–Trinajstić information content (AvgIpc) is 2.49. The Morgan fingerprint density at radius 1 is 1.00 bits per heavy atom. The molecular formula is C13H16N6. The Hall–Kier alpha value is -2.37. The molecule has 3 rings (SSSR count). The van der Waals surface area contributed by atoms with Crippen LogP contribution in [0.5, 0.6) is 0 Å². The van der Waals surface area contributed by atoms with Crippen LogP contribution in [0.4, 0.5) is 17.2 Å². The molecule has 0 aromatic carbocycles. The lowest BCUT2D eigenvalue weighted by molar-refractivity contribution is 0.644. The second-order valence-electron chi connectivity index (χ2n) is 4.49. The van der Waals surface area contributed by atoms with Crippen molar-refractivity contribution < 1.29 is 0 Å². The second kappa shape index (κ2) is 5.09. The van der Waals surface area contributed by atoms with Gasteiger partial charge in [0.25, 0.3) is 0 Å². The smallest absolute Gasteiger partial charge is 0.151 e. The van der Waals surface area contributed by atoms with Crippen molar-refractivity contribution in [3.63, 3.8) is 0 Å². The van der Waals surface area contributed by atoms with Crippen LogP contribution in [0.25, 0.3) is 0 Å². The Morgan fingerprint density at radius 2 is 1.79 bits per heavy atom. The molecule has 6 nitrogen and oxygen atoms in total. The Labute approximate surface area is 111 Å². The molecule has 3 heterocycles. The van der Waals surface area contributed by atoms with Gasteiger partial charge in [-0.3, -0.25) is 4.98 Å². The summed E-state index contributed by atoms with van der Waals surface area (Å²) in [6.07, 6.45) is 5.17. The van der Waals surface area contributed by atoms with Gasteiger partial charge in [-0.1, -0.05) is 0 Å². The number of nitrogen functional groups attached to an aromatic ring is 1. The van der Waals surface area contributed by atoms with Crippen LogP contribution in [-0.4, -0.2) is 41.4 Å². The van der Waals surface area contributed by atoms with E-state index in [0.717, 1.165) is 43.4 Å². The number of nitrogens with two attached hydrogens (primary N) is 1. The van der Waals surface area contributed by atoms with Gasteiger partial charge in [0.2, 0.25) is 0 Å². The molecule has 1 saturated heterocycles. The third kappa shape index (κ3) is 2.42. The maximum atomic E-state index is 5.96. The summed E-state index contributed by atoms with van der Waals surface area (Å²) in [6, 6.07) is 5.87. The maximum absolute atomic E-state index is 5.96. The van der Waals surface area contributed by atoms with Gasteiger partial charge in [0.1, 0.15) is 0 Å². The van der Waals surface area contributed by atoms with E-state index in [1.807, 2.05) is 18.2 Å². The van der Waals surface area contributed by atoms with E-state index < -0.39 is 0 Å². The van der Waals surface area contributed by atoms with Crippen molar-refractivity contribution in [3.05, 3.63) is 36.8 Å². The van der Waals surface area contributed by atoms with E-state index >= 15 is 0 Å². The molecular weight excluding hydrogens is 240 g/mol. The lowest BCUT2D eigenvalue weighted by Gasteiger charge is -2.36. The summed E-state index contributed by atoms with van der Waals surface area (Å²) in [5.41, 5.74) is 7.75. The molecule has 0 amide bonds. The molecule has 2 aromatic rings. The fourth-order valence-electron chi connectivity index (χ4n) is 2.33. The molecule has 1 aliphatic rings. The van der Waals surface area contributed by atoms with Gasteiger partial charge in [0, 0.05) is 38.6 Å². The highest BCUT2D eigenvalue weighted by Gasteiger charge is 2.19. The average molecular weight is 256 g/mol. The molecule has 2 N–H and O–H groups in total. The predicted molar refractivity (Wildman–Crippen MR) is 75.1 cm³/mol. The van der Waals surface area contributed by atoms with Crippen LogP contribution in [0.3, 0.4) is 0 Å². The highest BCUT2D eigenvalue weighted by atomic mass is 15.3. The number of hydrogen-bond donors (Lipinski definition) is 1. The maximum Gasteiger partial charge on any atom is 0.151 e. The van der Waals surface area contributed by atoms with Gasteiger partial charge in [-0.2, -0.15) is 5.10 Å². The Bertz CT molecular complexity index is 536. The molecule has 0 spiro atoms. The highest BCUT2D eigenvalue weighted by Crippen LogP contribution is 2.23. The number of hydrogen-bond acceptors (Lipinski definition) is 6. The first kappa shape index (κ1) is 11.7. The second-order valence-corrected chi connectivity index (χ2v) is 4.49. The first-order chi connectivity index (χ1) is 9.34. The zero-order chi connectivity index (χ0) is 13.1. The van der Waals surface area contributed by atoms with E-state index in [1.165, 1.54) is 0 Å². The van der Waals surface area contributed by atoms with Crippen molar-refractivity contribution in [2.75, 3.05) is 41.7 Å². The van der Waals surface area contributed by atoms with E-state index in [9.17, 15) is 0 Å². The minimum absolute atomic E-state index is 0.732. The number of nitrogens with zero attached hydrogens (tertiary/aromatic N) is 5. The van der Waals surface area contributed by atoms with Crippen LogP contribution in [0, 0.1) is 0 Å². The van der Waals surface area contributed by atoms with E-state index in [1.54, 1.807) is 18.6 Å². The molecule has 98 valence electrons. The summed E-state index contributed by atoms with van der Waals surface area (Å²) >= 11 is 0. The molecule has 0 bridgehead atoms. The Balaban J connectivity index is 1.69. The van der Waals surface area contributed by atoms with E-state index in [4.69, 9.17) is 5.73 Å². The van der Waals surface area contributed by atoms with Crippen LogP contribution in [-0.2, 0) is 0 Å². The third-order valence-electron chi connectivity index (χ3n) is 3.33. The van der Waals surface area contributed by atoms with Crippen LogP contribution < -0.4 is 15.5 Å². The van der Waals surface area contributed by atoms with Gasteiger partial charge < -0.3 is 15.5 Å². The summed E-state index contributed by atoms with van der Waals surface area (Å²) in [7, 11) is 0. The van der Waals surface area contributed by atoms with Crippen molar-refractivity contribution in [1.29, 1.82) is 0 Å². The molecule has 0 atom stereocenters. The number of anilines is 3. The minimum Gasteiger partial charge on any atom is -0.396 e. The lowest BCUT2D eigenvalue weighted by atomic mass is 10.2. The highest BCUT2D eigenvalue weighted by molar-refractivity contribution is 5.66. The molecule has 0 aliphatic carbocycles. The molecule has 6 heteroatoms. The number of pyridine rings is 1. The van der Waals surface area contributed by atoms with Crippen LogP contribution in [0.2, 0.25) is 0 Å². The normalized spacial score (nSPS) is 15.6. The van der Waals surface area contributed by atoms with E-state index in [0.29, 0.717) is 0 Å². The molecule has 1 aliphatic heterocycles. The topological polar surface area (TPSA) is 71.2 Å². The molecule has 2 aromatic heterocycles. The van der Waals surface area contributed by atoms with Crippen LogP contribution in [0.15, 0.2) is 36.8 Å². The first-order valence-electron chi connectivity index (χ1n) is 6.32. The van der Waals surface area contributed by atoms with Crippen molar-refractivity contribution >= 4 is 17.2 Å². The van der Waals surface area contributed by atoms with Crippen molar-refractivity contribution in [2.45, 2.75) is 0 Å². The minimum atomic E-state index is 0.732. The van der Waals surface area contributed by atoms with Gasteiger partial charge in [-0.25, -0.2) is 0 Å². The Kier molecular flexibility index (Phi) is 3.14. The number of rotatable bonds is 2. The lowest BCUT2D eigenvalue weighted by Crippen LogP contribution is -2.47. The molecule has 0 unspecified atom stereocenters. The summed E-state index contributed by atoms with van der Waals surface area (Å²) < 4.78 is 0. The summed E-state index contributed by atoms with van der Waals surface area (Å²) in [5.74, 6) is 0.935. The summed E-state index contributed by atoms with van der Waals surface area (Å²) in [5, 5.41) is 8.06. The van der Waals surface area contributed by atoms with Crippen molar-refractivity contribution in [2.24, 2.45) is 0 Å². The molecule has 1 fully saturated rings. The monoisotopic (exact) mass is 256 g/mol. The van der Waals surface area contributed by atoms with Gasteiger partial charge in [-0.15, -0.1) is 5.10 Å². The third-order valence-corrected chi connectivity index (χ3v) is 3.33. The SMILES string of the molecule is Nc1cnccc1N1CCN(c2cccnn2)CC1. The van der Waals surface area contributed by atoms with Gasteiger partial charge >= 0.3 is 0 Å².